The molecule has 5 rings (SSSR count). The molecule has 39 heavy (non-hydrogen) atoms. The first-order valence-electron chi connectivity index (χ1n) is 12.3. The lowest BCUT2D eigenvalue weighted by molar-refractivity contribution is -0.138. The molecule has 1 saturated heterocycles. The second-order valence-corrected chi connectivity index (χ2v) is 11.0. The number of carbonyl (C=O) groups is 1. The number of fused-ring (bicyclic) bond motifs is 1. The van der Waals surface area contributed by atoms with E-state index < -0.39 is 17.3 Å². The quantitative estimate of drug-likeness (QED) is 0.455. The third kappa shape index (κ3) is 5.88. The molecule has 0 bridgehead atoms. The molecule has 2 N–H and O–H groups in total. The number of hydrogen-bond acceptors (Lipinski definition) is 7. The normalized spacial score (nSPS) is 19.8. The maximum atomic E-state index is 13.8. The minimum absolute atomic E-state index is 0.0378. The van der Waals surface area contributed by atoms with Gasteiger partial charge < -0.3 is 19.8 Å². The number of halogens is 3. The molecule has 0 spiro atoms. The number of carbonyl (C=O) groups excluding carboxylic acids is 1. The Kier molecular flexibility index (Phi) is 7.31. The summed E-state index contributed by atoms with van der Waals surface area (Å²) in [6.45, 7) is 4.13. The van der Waals surface area contributed by atoms with E-state index in [0.29, 0.717) is 40.7 Å². The molecule has 1 unspecified atom stereocenters. The second-order valence-electron chi connectivity index (χ2n) is 9.98. The molecule has 0 saturated carbocycles. The van der Waals surface area contributed by atoms with Gasteiger partial charge >= 0.3 is 6.18 Å². The lowest BCUT2D eigenvalue weighted by Gasteiger charge is -2.32. The summed E-state index contributed by atoms with van der Waals surface area (Å²) >= 11 is 1.26. The van der Waals surface area contributed by atoms with E-state index in [1.165, 1.54) is 42.4 Å². The van der Waals surface area contributed by atoms with Gasteiger partial charge in [0.15, 0.2) is 5.17 Å². The zero-order valence-electron chi connectivity index (χ0n) is 21.3. The van der Waals surface area contributed by atoms with Crippen molar-refractivity contribution < 1.29 is 32.9 Å². The largest absolute Gasteiger partial charge is 0.416 e. The second kappa shape index (κ2) is 10.4. The summed E-state index contributed by atoms with van der Waals surface area (Å²) in [6, 6.07) is 9.20. The number of ether oxygens (including phenoxy) is 1. The Morgan fingerprint density at radius 1 is 1.21 bits per heavy atom. The van der Waals surface area contributed by atoms with E-state index in [1.54, 1.807) is 24.4 Å². The number of hydrogen-bond donors (Lipinski definition) is 2. The molecule has 2 aliphatic rings. The predicted octanol–water partition coefficient (Wildman–Crippen LogP) is 3.99. The van der Waals surface area contributed by atoms with Crippen LogP contribution < -0.4 is 0 Å². The Balaban J connectivity index is 1.36. The van der Waals surface area contributed by atoms with Crippen LogP contribution in [0.25, 0.3) is 17.0 Å². The van der Waals surface area contributed by atoms with E-state index in [1.807, 2.05) is 11.0 Å². The van der Waals surface area contributed by atoms with Gasteiger partial charge in [0.25, 0.3) is 5.91 Å². The number of aliphatic hydroxyl groups is 2. The minimum Gasteiger partial charge on any atom is -0.394 e. The molecule has 1 fully saturated rings. The Morgan fingerprint density at radius 3 is 2.72 bits per heavy atom. The van der Waals surface area contributed by atoms with Gasteiger partial charge in [-0.15, -0.1) is 0 Å². The van der Waals surface area contributed by atoms with E-state index in [2.05, 4.69) is 10.1 Å². The fourth-order valence-corrected chi connectivity index (χ4v) is 5.48. The number of amides is 1. The standard InChI is InChI=1S/C27H27F3N4O4S/c1-26(2,37)19-5-4-17(21(11-19)27(28,29)30)13-34-22-6-3-16(9-18(22)12-31-34)10-23-24(36)32-25(39-23)33-7-8-38-20(14-33)15-35/h3-6,9-12,20,35,37H,7-8,13-15H2,1-2H3/b23-10-. The SMILES string of the molecule is CC(C)(O)c1ccc(Cn2ncc3cc(/C=C4\SC(N5CCOC(CO)C5)=NC4=O)ccc32)c(C(F)(F)F)c1. The topological polar surface area (TPSA) is 100 Å². The molecule has 0 radical (unpaired) electrons. The summed E-state index contributed by atoms with van der Waals surface area (Å²) in [5.74, 6) is -0.355. The fourth-order valence-electron chi connectivity index (χ4n) is 4.53. The smallest absolute Gasteiger partial charge is 0.394 e. The Morgan fingerprint density at radius 2 is 2.00 bits per heavy atom. The van der Waals surface area contributed by atoms with Gasteiger partial charge in [0.2, 0.25) is 0 Å². The molecule has 3 aromatic rings. The Labute approximate surface area is 226 Å². The molecule has 1 aromatic heterocycles. The fraction of sp³-hybridized carbons (Fsp3) is 0.370. The van der Waals surface area contributed by atoms with E-state index in [4.69, 9.17) is 4.74 Å². The van der Waals surface area contributed by atoms with E-state index in [0.717, 1.165) is 11.6 Å². The van der Waals surface area contributed by atoms with Crippen LogP contribution in [-0.4, -0.2) is 68.4 Å². The summed E-state index contributed by atoms with van der Waals surface area (Å²) in [4.78, 5) is 19.1. The molecule has 2 aromatic carbocycles. The zero-order chi connectivity index (χ0) is 27.9. The van der Waals surface area contributed by atoms with Crippen LogP contribution in [0.1, 0.15) is 36.1 Å². The van der Waals surface area contributed by atoms with Gasteiger partial charge in [-0.05, 0) is 66.6 Å². The molecular weight excluding hydrogens is 533 g/mol. The first-order chi connectivity index (χ1) is 18.4. The Bertz CT molecular complexity index is 1480. The van der Waals surface area contributed by atoms with Gasteiger partial charge in [0.05, 0.1) is 53.6 Å². The average molecular weight is 561 g/mol. The number of thioether (sulfide) groups is 1. The van der Waals surface area contributed by atoms with Crippen molar-refractivity contribution in [1.29, 1.82) is 0 Å². The van der Waals surface area contributed by atoms with Crippen LogP contribution in [0.2, 0.25) is 0 Å². The van der Waals surface area contributed by atoms with Crippen LogP contribution >= 0.6 is 11.8 Å². The van der Waals surface area contributed by atoms with Crippen molar-refractivity contribution >= 4 is 39.8 Å². The summed E-state index contributed by atoms with van der Waals surface area (Å²) < 4.78 is 48.5. The van der Waals surface area contributed by atoms with Gasteiger partial charge in [-0.1, -0.05) is 18.2 Å². The van der Waals surface area contributed by atoms with Crippen LogP contribution in [0.3, 0.4) is 0 Å². The van der Waals surface area contributed by atoms with E-state index >= 15 is 0 Å². The van der Waals surface area contributed by atoms with Crippen LogP contribution in [-0.2, 0) is 27.9 Å². The summed E-state index contributed by atoms with van der Waals surface area (Å²) in [5.41, 5.74) is -0.634. The molecule has 1 amide bonds. The Hall–Kier alpha value is -3.19. The molecule has 0 aliphatic carbocycles. The van der Waals surface area contributed by atoms with E-state index in [-0.39, 0.29) is 36.3 Å². The molecule has 206 valence electrons. The lowest BCUT2D eigenvalue weighted by Crippen LogP contribution is -2.45. The number of rotatable bonds is 5. The highest BCUT2D eigenvalue weighted by atomic mass is 32.2. The minimum atomic E-state index is -4.59. The molecule has 12 heteroatoms. The summed E-state index contributed by atoms with van der Waals surface area (Å²) in [6.07, 6.45) is -1.62. The number of aliphatic hydroxyl groups excluding tert-OH is 1. The zero-order valence-corrected chi connectivity index (χ0v) is 22.1. The van der Waals surface area contributed by atoms with Crippen LogP contribution in [0.15, 0.2) is 52.5 Å². The maximum Gasteiger partial charge on any atom is 0.416 e. The van der Waals surface area contributed by atoms with E-state index in [9.17, 15) is 28.2 Å². The van der Waals surface area contributed by atoms with Gasteiger partial charge in [0, 0.05) is 18.5 Å². The van der Waals surface area contributed by atoms with Gasteiger partial charge in [-0.3, -0.25) is 9.48 Å². The maximum absolute atomic E-state index is 13.8. The summed E-state index contributed by atoms with van der Waals surface area (Å²) in [7, 11) is 0. The highest BCUT2D eigenvalue weighted by molar-refractivity contribution is 8.18. The van der Waals surface area contributed by atoms with Crippen molar-refractivity contribution in [2.45, 2.75) is 38.3 Å². The van der Waals surface area contributed by atoms with Gasteiger partial charge in [-0.25, -0.2) is 0 Å². The van der Waals surface area contributed by atoms with Gasteiger partial charge in [0.1, 0.15) is 0 Å². The van der Waals surface area contributed by atoms with Crippen LogP contribution in [0.5, 0.6) is 0 Å². The van der Waals surface area contributed by atoms with Crippen molar-refractivity contribution in [2.24, 2.45) is 4.99 Å². The molecule has 2 aliphatic heterocycles. The predicted molar refractivity (Wildman–Crippen MR) is 142 cm³/mol. The number of nitrogens with zero attached hydrogens (tertiary/aromatic N) is 4. The van der Waals surface area contributed by atoms with Crippen molar-refractivity contribution in [2.75, 3.05) is 26.3 Å². The third-order valence-electron chi connectivity index (χ3n) is 6.63. The monoisotopic (exact) mass is 560 g/mol. The first kappa shape index (κ1) is 27.4. The average Bonchev–Trinajstić information content (AvgIpc) is 3.45. The molecule has 3 heterocycles. The number of amidine groups is 1. The molecule has 1 atom stereocenters. The number of morpholine rings is 1. The van der Waals surface area contributed by atoms with Crippen LogP contribution in [0, 0.1) is 0 Å². The molecule has 8 nitrogen and oxygen atoms in total. The number of benzene rings is 2. The molecular formula is C27H27F3N4O4S. The van der Waals surface area contributed by atoms with Crippen molar-refractivity contribution in [3.63, 3.8) is 0 Å². The number of aromatic nitrogens is 2. The lowest BCUT2D eigenvalue weighted by atomic mass is 9.93. The first-order valence-corrected chi connectivity index (χ1v) is 13.1. The van der Waals surface area contributed by atoms with Crippen molar-refractivity contribution in [1.82, 2.24) is 14.7 Å². The highest BCUT2D eigenvalue weighted by Gasteiger charge is 2.35. The van der Waals surface area contributed by atoms with Crippen LogP contribution in [0.4, 0.5) is 13.2 Å². The highest BCUT2D eigenvalue weighted by Crippen LogP contribution is 2.36. The third-order valence-corrected chi connectivity index (χ3v) is 7.67. The summed E-state index contributed by atoms with van der Waals surface area (Å²) in [5, 5.41) is 25.1. The van der Waals surface area contributed by atoms with Crippen molar-refractivity contribution in [3.8, 4) is 0 Å². The van der Waals surface area contributed by atoms with Crippen molar-refractivity contribution in [3.05, 3.63) is 69.8 Å². The van der Waals surface area contributed by atoms with Gasteiger partial charge in [-0.2, -0.15) is 23.3 Å². The number of aliphatic imine (C=N–C) groups is 1. The number of alkyl halides is 3.